The molecule has 1 amide bonds. The van der Waals surface area contributed by atoms with Crippen LogP contribution in [0.25, 0.3) is 0 Å². The summed E-state index contributed by atoms with van der Waals surface area (Å²) in [5.74, 6) is 0.516. The van der Waals surface area contributed by atoms with Gasteiger partial charge in [-0.05, 0) is 48.2 Å². The number of fused-ring (bicyclic) bond motifs is 2. The molecule has 5 nitrogen and oxygen atoms in total. The van der Waals surface area contributed by atoms with Gasteiger partial charge in [-0.3, -0.25) is 9.79 Å². The number of amidine groups is 1. The van der Waals surface area contributed by atoms with Crippen molar-refractivity contribution in [3.05, 3.63) is 64.9 Å². The number of amides is 1. The average molecular weight is 409 g/mol. The molecule has 4 N–H and O–H groups in total. The summed E-state index contributed by atoms with van der Waals surface area (Å²) in [6.07, 6.45) is 1.06. The van der Waals surface area contributed by atoms with Crippen LogP contribution in [0.1, 0.15) is 17.7 Å². The van der Waals surface area contributed by atoms with Crippen LogP contribution in [0, 0.1) is 0 Å². The first-order valence-electron chi connectivity index (χ1n) is 9.00. The van der Waals surface area contributed by atoms with E-state index in [1.165, 1.54) is 4.90 Å². The predicted molar refractivity (Wildman–Crippen MR) is 118 cm³/mol. The number of hydrogen-bond acceptors (Lipinski definition) is 5. The van der Waals surface area contributed by atoms with Gasteiger partial charge in [-0.1, -0.05) is 30.0 Å². The quantitative estimate of drug-likeness (QED) is 0.236. The molecule has 0 aliphatic carbocycles. The van der Waals surface area contributed by atoms with Gasteiger partial charge in [-0.25, -0.2) is 0 Å². The Hall–Kier alpha value is -2.77. The lowest BCUT2D eigenvalue weighted by Gasteiger charge is -2.21. The first-order chi connectivity index (χ1) is 13.7. The SMILES string of the molecule is NC(=NCCCC(=O)Nc1ccc2c(c1)Nc1ccccc1S2)c1cccs1. The topological polar surface area (TPSA) is 79.5 Å². The summed E-state index contributed by atoms with van der Waals surface area (Å²) in [6.45, 7) is 0.538. The summed E-state index contributed by atoms with van der Waals surface area (Å²) >= 11 is 3.29. The molecule has 1 aliphatic heterocycles. The summed E-state index contributed by atoms with van der Waals surface area (Å²) in [4.78, 5) is 19.9. The molecular formula is C21H20N4OS2. The van der Waals surface area contributed by atoms with Crippen molar-refractivity contribution in [1.29, 1.82) is 0 Å². The van der Waals surface area contributed by atoms with Crippen LogP contribution in [-0.2, 0) is 4.79 Å². The first-order valence-corrected chi connectivity index (χ1v) is 10.7. The minimum Gasteiger partial charge on any atom is -0.383 e. The van der Waals surface area contributed by atoms with E-state index in [1.807, 2.05) is 47.8 Å². The van der Waals surface area contributed by atoms with E-state index in [-0.39, 0.29) is 5.91 Å². The Bertz CT molecular complexity index is 1020. The maximum Gasteiger partial charge on any atom is 0.224 e. The van der Waals surface area contributed by atoms with Gasteiger partial charge in [-0.15, -0.1) is 11.3 Å². The Morgan fingerprint density at radius 3 is 2.79 bits per heavy atom. The second-order valence-electron chi connectivity index (χ2n) is 6.33. The zero-order valence-electron chi connectivity index (χ0n) is 15.1. The van der Waals surface area contributed by atoms with Gasteiger partial charge in [0.2, 0.25) is 5.91 Å². The summed E-state index contributed by atoms with van der Waals surface area (Å²) in [5.41, 5.74) is 8.82. The van der Waals surface area contributed by atoms with E-state index in [4.69, 9.17) is 5.73 Å². The lowest BCUT2D eigenvalue weighted by atomic mass is 10.2. The van der Waals surface area contributed by atoms with Crippen LogP contribution in [-0.4, -0.2) is 18.3 Å². The highest BCUT2D eigenvalue weighted by Crippen LogP contribution is 2.44. The van der Waals surface area contributed by atoms with Gasteiger partial charge in [0.15, 0.2) is 0 Å². The van der Waals surface area contributed by atoms with Crippen molar-refractivity contribution in [1.82, 2.24) is 0 Å². The molecule has 7 heteroatoms. The molecule has 0 radical (unpaired) electrons. The zero-order chi connectivity index (χ0) is 19.3. The number of aliphatic imine (C=N–C) groups is 1. The van der Waals surface area contributed by atoms with Crippen molar-refractivity contribution in [2.45, 2.75) is 22.6 Å². The summed E-state index contributed by atoms with van der Waals surface area (Å²) < 4.78 is 0. The summed E-state index contributed by atoms with van der Waals surface area (Å²) in [6, 6.07) is 18.0. The predicted octanol–water partition coefficient (Wildman–Crippen LogP) is 5.08. The van der Waals surface area contributed by atoms with Crippen LogP contribution in [0.2, 0.25) is 0 Å². The van der Waals surface area contributed by atoms with Crippen molar-refractivity contribution in [3.63, 3.8) is 0 Å². The van der Waals surface area contributed by atoms with Gasteiger partial charge in [0, 0.05) is 28.4 Å². The van der Waals surface area contributed by atoms with Gasteiger partial charge < -0.3 is 16.4 Å². The van der Waals surface area contributed by atoms with Crippen LogP contribution in [0.4, 0.5) is 17.1 Å². The molecule has 1 aliphatic rings. The van der Waals surface area contributed by atoms with Gasteiger partial charge in [-0.2, -0.15) is 0 Å². The van der Waals surface area contributed by atoms with Crippen LogP contribution in [0.3, 0.4) is 0 Å². The van der Waals surface area contributed by atoms with Crippen molar-refractivity contribution < 1.29 is 4.79 Å². The van der Waals surface area contributed by atoms with Crippen LogP contribution >= 0.6 is 23.1 Å². The number of nitrogens with one attached hydrogen (secondary N) is 2. The number of rotatable bonds is 6. The van der Waals surface area contributed by atoms with Crippen molar-refractivity contribution in [2.24, 2.45) is 10.7 Å². The van der Waals surface area contributed by atoms with Gasteiger partial charge in [0.1, 0.15) is 5.84 Å². The van der Waals surface area contributed by atoms with E-state index in [0.29, 0.717) is 25.2 Å². The molecule has 4 rings (SSSR count). The van der Waals surface area contributed by atoms with Crippen molar-refractivity contribution in [2.75, 3.05) is 17.2 Å². The minimum atomic E-state index is -0.0197. The lowest BCUT2D eigenvalue weighted by Crippen LogP contribution is -2.14. The maximum absolute atomic E-state index is 12.2. The highest BCUT2D eigenvalue weighted by molar-refractivity contribution is 7.99. The van der Waals surface area contributed by atoms with E-state index in [0.717, 1.165) is 26.8 Å². The highest BCUT2D eigenvalue weighted by atomic mass is 32.2. The third-order valence-corrected chi connectivity index (χ3v) is 6.30. The molecule has 1 aromatic heterocycles. The number of thiophene rings is 1. The van der Waals surface area contributed by atoms with E-state index >= 15 is 0 Å². The summed E-state index contributed by atoms with van der Waals surface area (Å²) in [7, 11) is 0. The average Bonchev–Trinajstić information content (AvgIpc) is 3.24. The molecule has 2 heterocycles. The molecule has 142 valence electrons. The molecule has 28 heavy (non-hydrogen) atoms. The maximum atomic E-state index is 12.2. The second kappa shape index (κ2) is 8.50. The standard InChI is InChI=1S/C21H20N4OS2/c22-21(19-7-4-12-27-19)23-11-3-8-20(26)24-14-9-10-18-16(13-14)25-15-5-1-2-6-17(15)28-18/h1-2,4-7,9-10,12-13,25H,3,8,11H2,(H2,22,23)(H,24,26). The molecule has 2 aromatic carbocycles. The van der Waals surface area contributed by atoms with E-state index in [9.17, 15) is 4.79 Å². The monoisotopic (exact) mass is 408 g/mol. The van der Waals surface area contributed by atoms with Gasteiger partial charge in [0.05, 0.1) is 16.3 Å². The smallest absolute Gasteiger partial charge is 0.224 e. The minimum absolute atomic E-state index is 0.0197. The fourth-order valence-electron chi connectivity index (χ4n) is 2.88. The Morgan fingerprint density at radius 1 is 1.07 bits per heavy atom. The Labute approximate surface area is 172 Å². The molecule has 0 saturated heterocycles. The molecule has 0 saturated carbocycles. The molecule has 0 spiro atoms. The number of nitrogens with zero attached hydrogens (tertiary/aromatic N) is 1. The third-order valence-electron chi connectivity index (χ3n) is 4.26. The highest BCUT2D eigenvalue weighted by Gasteiger charge is 2.15. The number of carbonyl (C=O) groups is 1. The number of benzene rings is 2. The van der Waals surface area contributed by atoms with Crippen molar-refractivity contribution in [3.8, 4) is 0 Å². The molecule has 0 fully saturated rings. The fraction of sp³-hybridized carbons (Fsp3) is 0.143. The second-order valence-corrected chi connectivity index (χ2v) is 8.36. The zero-order valence-corrected chi connectivity index (χ0v) is 16.8. The third kappa shape index (κ3) is 4.37. The lowest BCUT2D eigenvalue weighted by molar-refractivity contribution is -0.116. The Morgan fingerprint density at radius 2 is 1.93 bits per heavy atom. The van der Waals surface area contributed by atoms with Crippen LogP contribution < -0.4 is 16.4 Å². The molecule has 0 bridgehead atoms. The van der Waals surface area contributed by atoms with Crippen LogP contribution in [0.5, 0.6) is 0 Å². The van der Waals surface area contributed by atoms with E-state index in [1.54, 1.807) is 23.1 Å². The number of para-hydroxylation sites is 1. The van der Waals surface area contributed by atoms with Gasteiger partial charge in [0.25, 0.3) is 0 Å². The normalized spacial score (nSPS) is 12.6. The molecular weight excluding hydrogens is 388 g/mol. The first kappa shape index (κ1) is 18.6. The molecule has 0 unspecified atom stereocenters. The molecule has 0 atom stereocenters. The Kier molecular flexibility index (Phi) is 5.64. The number of anilines is 3. The fourth-order valence-corrected chi connectivity index (χ4v) is 4.50. The van der Waals surface area contributed by atoms with E-state index < -0.39 is 0 Å². The number of carbonyl (C=O) groups excluding carboxylic acids is 1. The van der Waals surface area contributed by atoms with Gasteiger partial charge >= 0.3 is 0 Å². The number of hydrogen-bond donors (Lipinski definition) is 3. The Balaban J connectivity index is 1.30. The van der Waals surface area contributed by atoms with E-state index in [2.05, 4.69) is 27.8 Å². The summed E-state index contributed by atoms with van der Waals surface area (Å²) in [5, 5.41) is 8.36. The number of nitrogens with two attached hydrogens (primary N) is 1. The molecule has 3 aromatic rings. The van der Waals surface area contributed by atoms with Crippen molar-refractivity contribution >= 4 is 51.9 Å². The van der Waals surface area contributed by atoms with Crippen LogP contribution in [0.15, 0.2) is 74.8 Å². The largest absolute Gasteiger partial charge is 0.383 e.